The van der Waals surface area contributed by atoms with Gasteiger partial charge in [0.15, 0.2) is 0 Å². The highest BCUT2D eigenvalue weighted by atomic mass is 15.0. The molecule has 0 aromatic heterocycles. The fourth-order valence-electron chi connectivity index (χ4n) is 1.66. The van der Waals surface area contributed by atoms with E-state index in [1.165, 1.54) is 32.2 Å². The summed E-state index contributed by atoms with van der Waals surface area (Å²) in [6.45, 7) is 1.23. The monoisotopic (exact) mass is 110 g/mol. The Balaban J connectivity index is 1.92. The molecule has 1 saturated heterocycles. The van der Waals surface area contributed by atoms with Gasteiger partial charge in [-0.3, -0.25) is 0 Å². The molecule has 45 valence electrons. The number of rotatable bonds is 0. The minimum absolute atomic E-state index is 0.851. The van der Waals surface area contributed by atoms with Crippen LogP contribution < -0.4 is 5.32 Å². The van der Waals surface area contributed by atoms with E-state index in [0.717, 1.165) is 6.04 Å². The Hall–Kier alpha value is -0.0400. The van der Waals surface area contributed by atoms with Gasteiger partial charge in [-0.25, -0.2) is 0 Å². The fourth-order valence-corrected chi connectivity index (χ4v) is 1.66. The van der Waals surface area contributed by atoms with Crippen LogP contribution in [-0.4, -0.2) is 12.6 Å². The second-order valence-electron chi connectivity index (χ2n) is 2.84. The molecule has 1 radical (unpaired) electrons. The van der Waals surface area contributed by atoms with Gasteiger partial charge in [0.1, 0.15) is 0 Å². The van der Waals surface area contributed by atoms with E-state index in [9.17, 15) is 0 Å². The number of nitrogens with one attached hydrogen (secondary N) is 1. The average Bonchev–Trinajstić information content (AvgIpc) is 1.72. The van der Waals surface area contributed by atoms with Crippen LogP contribution in [0, 0.1) is 5.92 Å². The van der Waals surface area contributed by atoms with Crippen LogP contribution in [0.25, 0.3) is 0 Å². The van der Waals surface area contributed by atoms with Crippen molar-refractivity contribution >= 4 is 0 Å². The molecule has 1 N–H and O–H groups in total. The summed E-state index contributed by atoms with van der Waals surface area (Å²) in [6.07, 6.45) is 5.72. The second kappa shape index (κ2) is 1.73. The second-order valence-corrected chi connectivity index (χ2v) is 2.84. The lowest BCUT2D eigenvalue weighted by Gasteiger charge is -2.41. The Morgan fingerprint density at radius 3 is 2.75 bits per heavy atom. The summed E-state index contributed by atoms with van der Waals surface area (Å²) in [4.78, 5) is 0. The highest BCUT2D eigenvalue weighted by molar-refractivity contribution is 5.13. The van der Waals surface area contributed by atoms with Gasteiger partial charge in [0, 0.05) is 18.5 Å². The lowest BCUT2D eigenvalue weighted by Crippen LogP contribution is -2.52. The van der Waals surface area contributed by atoms with Crippen molar-refractivity contribution in [3.63, 3.8) is 0 Å². The Morgan fingerprint density at radius 1 is 1.38 bits per heavy atom. The van der Waals surface area contributed by atoms with E-state index in [-0.39, 0.29) is 0 Å². The van der Waals surface area contributed by atoms with Crippen LogP contribution in [-0.2, 0) is 0 Å². The minimum atomic E-state index is 0.851. The summed E-state index contributed by atoms with van der Waals surface area (Å²) in [5.41, 5.74) is 0. The Labute approximate surface area is 50.5 Å². The SMILES string of the molecule is C1CCC2NC[C]2C1. The van der Waals surface area contributed by atoms with Gasteiger partial charge < -0.3 is 5.32 Å². The first-order valence-electron chi connectivity index (χ1n) is 3.55. The van der Waals surface area contributed by atoms with Gasteiger partial charge in [0.05, 0.1) is 0 Å². The first-order valence-corrected chi connectivity index (χ1v) is 3.55. The van der Waals surface area contributed by atoms with E-state index in [1.807, 2.05) is 0 Å². The van der Waals surface area contributed by atoms with Crippen LogP contribution in [0.2, 0.25) is 0 Å². The molecule has 1 unspecified atom stereocenters. The lowest BCUT2D eigenvalue weighted by atomic mass is 9.79. The maximum absolute atomic E-state index is 3.41. The molecule has 2 aliphatic rings. The van der Waals surface area contributed by atoms with Gasteiger partial charge in [-0.1, -0.05) is 12.8 Å². The van der Waals surface area contributed by atoms with E-state index < -0.39 is 0 Å². The normalized spacial score (nSPS) is 38.2. The predicted molar refractivity (Wildman–Crippen MR) is 33.5 cm³/mol. The maximum Gasteiger partial charge on any atom is 0.0142 e. The molecule has 1 nitrogen and oxygen atoms in total. The summed E-state index contributed by atoms with van der Waals surface area (Å²) in [5.74, 6) is 1.79. The molecule has 0 aromatic rings. The van der Waals surface area contributed by atoms with Crippen molar-refractivity contribution in [1.29, 1.82) is 0 Å². The van der Waals surface area contributed by atoms with Crippen LogP contribution in [0.15, 0.2) is 0 Å². The summed E-state index contributed by atoms with van der Waals surface area (Å²) in [7, 11) is 0. The van der Waals surface area contributed by atoms with E-state index in [1.54, 1.807) is 5.92 Å². The van der Waals surface area contributed by atoms with Crippen LogP contribution >= 0.6 is 0 Å². The van der Waals surface area contributed by atoms with Gasteiger partial charge in [-0.15, -0.1) is 0 Å². The van der Waals surface area contributed by atoms with Crippen molar-refractivity contribution in [2.75, 3.05) is 6.54 Å². The van der Waals surface area contributed by atoms with Crippen molar-refractivity contribution in [2.24, 2.45) is 0 Å². The third kappa shape index (κ3) is 0.576. The van der Waals surface area contributed by atoms with Crippen molar-refractivity contribution in [1.82, 2.24) is 5.32 Å². The number of hydrogen-bond acceptors (Lipinski definition) is 1. The van der Waals surface area contributed by atoms with E-state index >= 15 is 0 Å². The topological polar surface area (TPSA) is 12.0 Å². The summed E-state index contributed by atoms with van der Waals surface area (Å²) in [6, 6.07) is 0.851. The van der Waals surface area contributed by atoms with Crippen molar-refractivity contribution in [3.8, 4) is 0 Å². The zero-order valence-corrected chi connectivity index (χ0v) is 5.11. The van der Waals surface area contributed by atoms with E-state index in [0.29, 0.717) is 0 Å². The maximum atomic E-state index is 3.41. The molecule has 1 aliphatic carbocycles. The molecule has 1 heterocycles. The molecule has 1 heteroatoms. The third-order valence-corrected chi connectivity index (χ3v) is 2.31. The first kappa shape index (κ1) is 4.80. The van der Waals surface area contributed by atoms with Crippen LogP contribution in [0.1, 0.15) is 25.7 Å². The molecule has 1 saturated carbocycles. The highest BCUT2D eigenvalue weighted by Crippen LogP contribution is 2.30. The molecule has 1 aliphatic heterocycles. The Bertz CT molecular complexity index is 78.4. The predicted octanol–water partition coefficient (Wildman–Crippen LogP) is 1.11. The molecule has 0 amide bonds. The molecule has 8 heavy (non-hydrogen) atoms. The van der Waals surface area contributed by atoms with Crippen molar-refractivity contribution in [2.45, 2.75) is 31.7 Å². The lowest BCUT2D eigenvalue weighted by molar-refractivity contribution is 0.315. The quantitative estimate of drug-likeness (QED) is 0.492. The summed E-state index contributed by atoms with van der Waals surface area (Å²) >= 11 is 0. The molecule has 2 rings (SSSR count). The van der Waals surface area contributed by atoms with Crippen molar-refractivity contribution in [3.05, 3.63) is 5.92 Å². The third-order valence-electron chi connectivity index (χ3n) is 2.31. The first-order chi connectivity index (χ1) is 3.97. The van der Waals surface area contributed by atoms with Gasteiger partial charge in [-0.2, -0.15) is 0 Å². The van der Waals surface area contributed by atoms with Gasteiger partial charge >= 0.3 is 0 Å². The largest absolute Gasteiger partial charge is 0.313 e. The van der Waals surface area contributed by atoms with Crippen molar-refractivity contribution < 1.29 is 0 Å². The van der Waals surface area contributed by atoms with Gasteiger partial charge in [0.2, 0.25) is 0 Å². The molecule has 0 spiro atoms. The Morgan fingerprint density at radius 2 is 2.38 bits per heavy atom. The number of fused-ring (bicyclic) bond motifs is 1. The van der Waals surface area contributed by atoms with Crippen LogP contribution in [0.4, 0.5) is 0 Å². The zero-order chi connectivity index (χ0) is 5.40. The minimum Gasteiger partial charge on any atom is -0.313 e. The van der Waals surface area contributed by atoms with Gasteiger partial charge in [-0.05, 0) is 12.8 Å². The fraction of sp³-hybridized carbons (Fsp3) is 0.857. The molecular weight excluding hydrogens is 98.1 g/mol. The highest BCUT2D eigenvalue weighted by Gasteiger charge is 2.32. The molecule has 2 fully saturated rings. The summed E-state index contributed by atoms with van der Waals surface area (Å²) in [5, 5.41) is 3.41. The van der Waals surface area contributed by atoms with E-state index in [2.05, 4.69) is 5.32 Å². The van der Waals surface area contributed by atoms with Gasteiger partial charge in [0.25, 0.3) is 0 Å². The average molecular weight is 110 g/mol. The molecule has 0 aromatic carbocycles. The standard InChI is InChI=1S/C7H12N/c1-2-4-7-6(3-1)5-8-7/h7-8H,1-5H2. The van der Waals surface area contributed by atoms with Crippen LogP contribution in [0.3, 0.4) is 0 Å². The van der Waals surface area contributed by atoms with Crippen LogP contribution in [0.5, 0.6) is 0 Å². The molecule has 1 atom stereocenters. The smallest absolute Gasteiger partial charge is 0.0142 e. The Kier molecular flexibility index (Phi) is 1.04. The molecule has 0 bridgehead atoms. The zero-order valence-electron chi connectivity index (χ0n) is 5.11. The molecular formula is C7H12N. The summed E-state index contributed by atoms with van der Waals surface area (Å²) < 4.78 is 0. The van der Waals surface area contributed by atoms with E-state index in [4.69, 9.17) is 0 Å². The number of hydrogen-bond donors (Lipinski definition) is 1.